The second-order valence-corrected chi connectivity index (χ2v) is 9.34. The van der Waals surface area contributed by atoms with Crippen molar-refractivity contribution in [3.05, 3.63) is 82.1 Å². The fourth-order valence-electron chi connectivity index (χ4n) is 4.88. The van der Waals surface area contributed by atoms with Crippen LogP contribution in [0.4, 0.5) is 22.0 Å². The molecule has 0 atom stereocenters. The number of halogens is 5. The molecule has 0 saturated carbocycles. The average molecular weight is 515 g/mol. The van der Waals surface area contributed by atoms with Crippen LogP contribution >= 0.6 is 0 Å². The molecule has 0 spiro atoms. The summed E-state index contributed by atoms with van der Waals surface area (Å²) >= 11 is 0. The van der Waals surface area contributed by atoms with Crippen molar-refractivity contribution in [3.63, 3.8) is 0 Å². The third-order valence-corrected chi connectivity index (χ3v) is 6.63. The Morgan fingerprint density at radius 2 is 1.81 bits per heavy atom. The van der Waals surface area contributed by atoms with Crippen LogP contribution in [-0.2, 0) is 24.1 Å². The van der Waals surface area contributed by atoms with Gasteiger partial charge in [-0.05, 0) is 35.4 Å². The van der Waals surface area contributed by atoms with Gasteiger partial charge < -0.3 is 4.90 Å². The van der Waals surface area contributed by atoms with Crippen LogP contribution in [0.25, 0.3) is 0 Å². The lowest BCUT2D eigenvalue weighted by Gasteiger charge is -2.46. The Kier molecular flexibility index (Phi) is 6.23. The fourth-order valence-corrected chi connectivity index (χ4v) is 4.88. The van der Waals surface area contributed by atoms with Crippen molar-refractivity contribution in [2.45, 2.75) is 31.6 Å². The number of nitriles is 1. The highest BCUT2D eigenvalue weighted by Crippen LogP contribution is 2.35. The molecule has 0 N–H and O–H groups in total. The lowest BCUT2D eigenvalue weighted by Crippen LogP contribution is -2.59. The summed E-state index contributed by atoms with van der Waals surface area (Å²) in [6.45, 7) is -0.277. The normalized spacial score (nSPS) is 19.8. The van der Waals surface area contributed by atoms with Crippen LogP contribution in [0.1, 0.15) is 28.7 Å². The van der Waals surface area contributed by atoms with Crippen molar-refractivity contribution < 1.29 is 26.7 Å². The summed E-state index contributed by atoms with van der Waals surface area (Å²) in [5.74, 6) is -3.37. The molecule has 1 amide bonds. The number of benzene rings is 2. The Morgan fingerprint density at radius 3 is 2.51 bits per heavy atom. The zero-order valence-electron chi connectivity index (χ0n) is 19.6. The number of rotatable bonds is 4. The molecule has 6 nitrogen and oxygen atoms in total. The predicted octanol–water partition coefficient (Wildman–Crippen LogP) is 4.39. The van der Waals surface area contributed by atoms with E-state index >= 15 is 0 Å². The van der Waals surface area contributed by atoms with E-state index in [-0.39, 0.29) is 19.0 Å². The molecule has 11 heteroatoms. The molecule has 192 valence electrons. The summed E-state index contributed by atoms with van der Waals surface area (Å²) in [5.41, 5.74) is 1.89. The second kappa shape index (κ2) is 9.27. The van der Waals surface area contributed by atoms with Crippen molar-refractivity contribution in [3.8, 4) is 6.07 Å². The number of aliphatic imine (C=N–C) groups is 1. The molecular weight excluding hydrogens is 493 g/mol. The molecule has 0 fully saturated rings. The first-order valence-electron chi connectivity index (χ1n) is 11.7. The maximum absolute atomic E-state index is 14.4. The van der Waals surface area contributed by atoms with Gasteiger partial charge in [-0.15, -0.1) is 0 Å². The molecule has 37 heavy (non-hydrogen) atoms. The summed E-state index contributed by atoms with van der Waals surface area (Å²) in [5, 5.41) is 9.16. The Bertz CT molecular complexity index is 1330. The minimum atomic E-state index is -4.49. The highest BCUT2D eigenvalue weighted by molar-refractivity contribution is 6.09. The standard InChI is InChI=1S/C26H22F5N5O/c27-25(28)15-33-24-35(13-17-4-6-20(7-5-17)26(29,30)31)23(37)21-14-34(9-8-22(21)36(24)16-25)12-19-3-1-2-18(10-19)11-32/h1-7,10H,8-9,12-16H2. The first-order chi connectivity index (χ1) is 17.5. The van der Waals surface area contributed by atoms with Gasteiger partial charge in [-0.1, -0.05) is 24.3 Å². The van der Waals surface area contributed by atoms with Crippen LogP contribution in [0.5, 0.6) is 0 Å². The summed E-state index contributed by atoms with van der Waals surface area (Å²) in [6.07, 6.45) is -4.13. The van der Waals surface area contributed by atoms with E-state index in [4.69, 9.17) is 5.26 Å². The van der Waals surface area contributed by atoms with Crippen LogP contribution in [-0.4, -0.2) is 58.7 Å². The molecule has 2 aromatic carbocycles. The van der Waals surface area contributed by atoms with Gasteiger partial charge in [0.2, 0.25) is 5.96 Å². The molecule has 5 rings (SSSR count). The SMILES string of the molecule is N#Cc1cccc(CN2CCC3=C(C2)C(=O)N(Cc2ccc(C(F)(F)F)cc2)C2=NCC(F)(F)CN23)c1. The van der Waals surface area contributed by atoms with Gasteiger partial charge in [-0.2, -0.15) is 18.4 Å². The monoisotopic (exact) mass is 515 g/mol. The van der Waals surface area contributed by atoms with Gasteiger partial charge in [0.25, 0.3) is 11.8 Å². The number of hydrogen-bond donors (Lipinski definition) is 0. The number of alkyl halides is 5. The molecular formula is C26H22F5N5O. The summed E-state index contributed by atoms with van der Waals surface area (Å²) < 4.78 is 67.6. The maximum atomic E-state index is 14.4. The van der Waals surface area contributed by atoms with Gasteiger partial charge in [-0.25, -0.2) is 13.8 Å². The third kappa shape index (κ3) is 5.06. The quantitative estimate of drug-likeness (QED) is 0.567. The van der Waals surface area contributed by atoms with E-state index < -0.39 is 36.7 Å². The van der Waals surface area contributed by atoms with Crippen molar-refractivity contribution in [1.29, 1.82) is 5.26 Å². The number of hydrogen-bond acceptors (Lipinski definition) is 5. The van der Waals surface area contributed by atoms with E-state index in [0.29, 0.717) is 41.9 Å². The lowest BCUT2D eigenvalue weighted by molar-refractivity contribution is -0.137. The molecule has 2 aromatic rings. The van der Waals surface area contributed by atoms with Crippen LogP contribution in [0.15, 0.2) is 64.8 Å². The molecule has 3 aliphatic heterocycles. The number of nitrogens with zero attached hydrogens (tertiary/aromatic N) is 5. The number of carbonyl (C=O) groups excluding carboxylic acids is 1. The third-order valence-electron chi connectivity index (χ3n) is 6.63. The summed E-state index contributed by atoms with van der Waals surface area (Å²) in [4.78, 5) is 22.3. The molecule has 0 bridgehead atoms. The first-order valence-corrected chi connectivity index (χ1v) is 11.7. The van der Waals surface area contributed by atoms with E-state index in [9.17, 15) is 26.7 Å². The smallest absolute Gasteiger partial charge is 0.309 e. The zero-order chi connectivity index (χ0) is 26.4. The second-order valence-electron chi connectivity index (χ2n) is 9.34. The van der Waals surface area contributed by atoms with E-state index in [1.165, 1.54) is 21.9 Å². The highest BCUT2D eigenvalue weighted by atomic mass is 19.4. The molecule has 0 unspecified atom stereocenters. The Morgan fingerprint density at radius 1 is 1.05 bits per heavy atom. The van der Waals surface area contributed by atoms with Crippen molar-refractivity contribution in [1.82, 2.24) is 14.7 Å². The van der Waals surface area contributed by atoms with Crippen molar-refractivity contribution in [2.75, 3.05) is 26.2 Å². The van der Waals surface area contributed by atoms with Gasteiger partial charge in [0.05, 0.1) is 35.9 Å². The largest absolute Gasteiger partial charge is 0.416 e. The van der Waals surface area contributed by atoms with Crippen molar-refractivity contribution >= 4 is 11.9 Å². The van der Waals surface area contributed by atoms with Crippen LogP contribution in [0, 0.1) is 11.3 Å². The molecule has 0 saturated heterocycles. The number of amides is 1. The molecule has 3 aliphatic rings. The molecule has 0 radical (unpaired) electrons. The van der Waals surface area contributed by atoms with Crippen molar-refractivity contribution in [2.24, 2.45) is 4.99 Å². The van der Waals surface area contributed by atoms with Gasteiger partial charge >= 0.3 is 6.18 Å². The Hall–Kier alpha value is -3.78. The molecule has 3 heterocycles. The zero-order valence-corrected chi connectivity index (χ0v) is 19.6. The number of guanidine groups is 1. The lowest BCUT2D eigenvalue weighted by atomic mass is 9.98. The van der Waals surface area contributed by atoms with E-state index in [1.807, 2.05) is 11.0 Å². The topological polar surface area (TPSA) is 62.9 Å². The minimum absolute atomic E-state index is 0.0983. The molecule has 0 aromatic heterocycles. The highest BCUT2D eigenvalue weighted by Gasteiger charge is 2.46. The average Bonchev–Trinajstić information content (AvgIpc) is 2.86. The van der Waals surface area contributed by atoms with Crippen LogP contribution < -0.4 is 0 Å². The van der Waals surface area contributed by atoms with Crippen LogP contribution in [0.2, 0.25) is 0 Å². The summed E-state index contributed by atoms with van der Waals surface area (Å²) in [7, 11) is 0. The fraction of sp³-hybridized carbons (Fsp3) is 0.346. The minimum Gasteiger partial charge on any atom is -0.309 e. The van der Waals surface area contributed by atoms with Gasteiger partial charge in [0.1, 0.15) is 6.54 Å². The van der Waals surface area contributed by atoms with Gasteiger partial charge in [0.15, 0.2) is 0 Å². The maximum Gasteiger partial charge on any atom is 0.416 e. The Balaban J connectivity index is 1.43. The number of fused-ring (bicyclic) bond motifs is 2. The van der Waals surface area contributed by atoms with E-state index in [1.54, 1.807) is 18.2 Å². The number of carbonyl (C=O) groups is 1. The van der Waals surface area contributed by atoms with Gasteiger partial charge in [-0.3, -0.25) is 14.6 Å². The van der Waals surface area contributed by atoms with Gasteiger partial charge in [0, 0.05) is 31.8 Å². The summed E-state index contributed by atoms with van der Waals surface area (Å²) in [6, 6.07) is 13.6. The van der Waals surface area contributed by atoms with Crippen LogP contribution in [0.3, 0.4) is 0 Å². The Labute approximate surface area is 209 Å². The molecule has 0 aliphatic carbocycles. The first kappa shape index (κ1) is 24.9. The van der Waals surface area contributed by atoms with E-state index in [2.05, 4.69) is 11.1 Å². The van der Waals surface area contributed by atoms with E-state index in [0.717, 1.165) is 17.7 Å². The predicted molar refractivity (Wildman–Crippen MR) is 124 cm³/mol.